The van der Waals surface area contributed by atoms with Gasteiger partial charge in [0.25, 0.3) is 0 Å². The highest BCUT2D eigenvalue weighted by atomic mass is 35.5. The normalized spacial score (nSPS) is 18.2. The minimum absolute atomic E-state index is 0.145. The van der Waals surface area contributed by atoms with Crippen molar-refractivity contribution >= 4 is 33.4 Å². The van der Waals surface area contributed by atoms with Gasteiger partial charge in [-0.15, -0.1) is 5.10 Å². The summed E-state index contributed by atoms with van der Waals surface area (Å²) >= 11 is 5.83. The fourth-order valence-electron chi connectivity index (χ4n) is 2.63. The van der Waals surface area contributed by atoms with Crippen LogP contribution in [-0.4, -0.2) is 42.2 Å². The predicted molar refractivity (Wildman–Crippen MR) is 91.6 cm³/mol. The molecule has 1 aliphatic heterocycles. The fraction of sp³-hybridized carbons (Fsp3) is 0.312. The lowest BCUT2D eigenvalue weighted by atomic mass is 10.2. The van der Waals surface area contributed by atoms with Gasteiger partial charge in [-0.2, -0.15) is 0 Å². The summed E-state index contributed by atoms with van der Waals surface area (Å²) in [6.07, 6.45) is 5.59. The molecule has 0 spiro atoms. The number of hydrogen-bond acceptors (Lipinski definition) is 6. The molecule has 25 heavy (non-hydrogen) atoms. The van der Waals surface area contributed by atoms with Gasteiger partial charge in [0.1, 0.15) is 6.04 Å². The minimum atomic E-state index is -3.57. The van der Waals surface area contributed by atoms with E-state index in [9.17, 15) is 13.2 Å². The van der Waals surface area contributed by atoms with Gasteiger partial charge in [-0.3, -0.25) is 4.79 Å². The topological polar surface area (TPSA) is 93.4 Å². The summed E-state index contributed by atoms with van der Waals surface area (Å²) in [6.45, 7) is 0.547. The minimum Gasteiger partial charge on any atom is -0.410 e. The predicted octanol–water partition coefficient (Wildman–Crippen LogP) is 2.50. The number of nitrogens with zero attached hydrogens (tertiary/aromatic N) is 3. The summed E-state index contributed by atoms with van der Waals surface area (Å²) < 4.78 is 28.2. The highest BCUT2D eigenvalue weighted by Gasteiger charge is 2.33. The Bertz CT molecular complexity index is 906. The molecule has 1 aromatic heterocycles. The molecule has 2 heterocycles. The molecule has 1 saturated heterocycles. The largest absolute Gasteiger partial charge is 0.410 e. The molecule has 0 unspecified atom stereocenters. The molecule has 7 nitrogen and oxygen atoms in total. The third-order valence-electron chi connectivity index (χ3n) is 3.85. The van der Waals surface area contributed by atoms with Crippen molar-refractivity contribution in [2.75, 3.05) is 12.8 Å². The van der Waals surface area contributed by atoms with E-state index in [2.05, 4.69) is 10.2 Å². The Kier molecular flexibility index (Phi) is 4.91. The van der Waals surface area contributed by atoms with Crippen molar-refractivity contribution in [2.45, 2.75) is 24.1 Å². The van der Waals surface area contributed by atoms with E-state index in [0.717, 1.165) is 18.2 Å². The van der Waals surface area contributed by atoms with E-state index in [4.69, 9.17) is 16.0 Å². The maximum absolute atomic E-state index is 12.5. The molecule has 0 bridgehead atoms. The molecule has 1 aliphatic rings. The summed E-state index contributed by atoms with van der Waals surface area (Å²) in [6, 6.07) is 6.70. The van der Waals surface area contributed by atoms with Crippen LogP contribution in [0.3, 0.4) is 0 Å². The monoisotopic (exact) mass is 381 g/mol. The van der Waals surface area contributed by atoms with Gasteiger partial charge in [0.15, 0.2) is 0 Å². The van der Waals surface area contributed by atoms with Crippen LogP contribution in [0.2, 0.25) is 5.02 Å². The zero-order chi connectivity index (χ0) is 18.0. The highest BCUT2D eigenvalue weighted by Crippen LogP contribution is 2.31. The zero-order valence-electron chi connectivity index (χ0n) is 13.4. The Balaban J connectivity index is 1.75. The van der Waals surface area contributed by atoms with Crippen LogP contribution in [0.25, 0.3) is 6.08 Å². The van der Waals surface area contributed by atoms with Crippen molar-refractivity contribution in [3.63, 3.8) is 0 Å². The quantitative estimate of drug-likeness (QED) is 0.755. The maximum Gasteiger partial charge on any atom is 0.335 e. The third kappa shape index (κ3) is 4.08. The molecule has 3 rings (SSSR count). The molecular formula is C16H16ClN3O4S. The van der Waals surface area contributed by atoms with E-state index in [1.165, 1.54) is 6.08 Å². The molecule has 0 N–H and O–H groups in total. The summed E-state index contributed by atoms with van der Waals surface area (Å²) in [5.74, 6) is -0.0530. The Morgan fingerprint density at radius 1 is 1.32 bits per heavy atom. The number of rotatable bonds is 4. The molecular weight excluding hydrogens is 366 g/mol. The van der Waals surface area contributed by atoms with Crippen LogP contribution in [0.4, 0.5) is 0 Å². The second-order valence-corrected chi connectivity index (χ2v) is 8.08. The average molecular weight is 382 g/mol. The molecule has 132 valence electrons. The van der Waals surface area contributed by atoms with Crippen molar-refractivity contribution in [3.8, 4) is 0 Å². The summed E-state index contributed by atoms with van der Waals surface area (Å²) in [7, 11) is -3.57. The SMILES string of the molecule is CS(=O)(=O)c1nnc([C@@H]2CCCN2C(=O)/C=C/c2ccc(Cl)cc2)o1. The van der Waals surface area contributed by atoms with Crippen molar-refractivity contribution in [1.29, 1.82) is 0 Å². The van der Waals surface area contributed by atoms with Crippen LogP contribution in [0.1, 0.15) is 30.3 Å². The molecule has 2 aromatic rings. The van der Waals surface area contributed by atoms with Gasteiger partial charge in [-0.1, -0.05) is 28.8 Å². The molecule has 9 heteroatoms. The van der Waals surface area contributed by atoms with Crippen LogP contribution >= 0.6 is 11.6 Å². The van der Waals surface area contributed by atoms with Gasteiger partial charge in [-0.05, 0) is 36.6 Å². The number of amides is 1. The molecule has 1 amide bonds. The summed E-state index contributed by atoms with van der Waals surface area (Å²) in [4.78, 5) is 14.1. The standard InChI is InChI=1S/C16H16ClN3O4S/c1-25(22,23)16-19-18-15(24-16)13-3-2-10-20(13)14(21)9-6-11-4-7-12(17)8-5-11/h4-9,13H,2-3,10H2,1H3/b9-6+/t13-/m0/s1. The maximum atomic E-state index is 12.5. The van der Waals surface area contributed by atoms with E-state index in [0.29, 0.717) is 18.0 Å². The van der Waals surface area contributed by atoms with Crippen LogP contribution in [0, 0.1) is 0 Å². The number of hydrogen-bond donors (Lipinski definition) is 0. The Morgan fingerprint density at radius 2 is 2.04 bits per heavy atom. The first-order valence-electron chi connectivity index (χ1n) is 7.62. The second kappa shape index (κ2) is 6.97. The number of carbonyl (C=O) groups excluding carboxylic acids is 1. The van der Waals surface area contributed by atoms with Crippen LogP contribution in [-0.2, 0) is 14.6 Å². The Morgan fingerprint density at radius 3 is 2.68 bits per heavy atom. The molecule has 0 saturated carbocycles. The van der Waals surface area contributed by atoms with Crippen LogP contribution < -0.4 is 0 Å². The Hall–Kier alpha value is -2.19. The molecule has 1 atom stereocenters. The number of sulfone groups is 1. The van der Waals surface area contributed by atoms with E-state index in [1.807, 2.05) is 12.1 Å². The lowest BCUT2D eigenvalue weighted by Gasteiger charge is -2.20. The van der Waals surface area contributed by atoms with Crippen molar-refractivity contribution in [3.05, 3.63) is 46.8 Å². The molecule has 1 aromatic carbocycles. The summed E-state index contributed by atoms with van der Waals surface area (Å²) in [5.41, 5.74) is 0.852. The zero-order valence-corrected chi connectivity index (χ0v) is 15.0. The van der Waals surface area contributed by atoms with E-state index >= 15 is 0 Å². The smallest absolute Gasteiger partial charge is 0.335 e. The fourth-order valence-corrected chi connectivity index (χ4v) is 3.18. The van der Waals surface area contributed by atoms with Crippen molar-refractivity contribution in [2.24, 2.45) is 0 Å². The molecule has 0 radical (unpaired) electrons. The first kappa shape index (κ1) is 17.6. The Labute approximate surface area is 150 Å². The van der Waals surface area contributed by atoms with Crippen molar-refractivity contribution < 1.29 is 17.6 Å². The number of likely N-dealkylation sites (tertiary alicyclic amines) is 1. The van der Waals surface area contributed by atoms with Crippen LogP contribution in [0.15, 0.2) is 40.0 Å². The van der Waals surface area contributed by atoms with Crippen molar-refractivity contribution in [1.82, 2.24) is 15.1 Å². The summed E-state index contributed by atoms with van der Waals surface area (Å²) in [5, 5.41) is 7.55. The van der Waals surface area contributed by atoms with Gasteiger partial charge in [0, 0.05) is 23.9 Å². The van der Waals surface area contributed by atoms with E-state index < -0.39 is 21.1 Å². The third-order valence-corrected chi connectivity index (χ3v) is 4.90. The first-order valence-corrected chi connectivity index (χ1v) is 9.89. The van der Waals surface area contributed by atoms with Crippen LogP contribution in [0.5, 0.6) is 0 Å². The van der Waals surface area contributed by atoms with Gasteiger partial charge >= 0.3 is 5.22 Å². The molecule has 0 aliphatic carbocycles. The van der Waals surface area contributed by atoms with Gasteiger partial charge in [0.05, 0.1) is 0 Å². The first-order chi connectivity index (χ1) is 11.8. The van der Waals surface area contributed by atoms with Gasteiger partial charge < -0.3 is 9.32 Å². The van der Waals surface area contributed by atoms with E-state index in [1.54, 1.807) is 23.1 Å². The number of halogens is 1. The average Bonchev–Trinajstić information content (AvgIpc) is 3.22. The number of benzene rings is 1. The highest BCUT2D eigenvalue weighted by molar-refractivity contribution is 7.90. The number of aromatic nitrogens is 2. The molecule has 1 fully saturated rings. The number of carbonyl (C=O) groups is 1. The van der Waals surface area contributed by atoms with E-state index in [-0.39, 0.29) is 11.8 Å². The van der Waals surface area contributed by atoms with Gasteiger partial charge in [0.2, 0.25) is 21.6 Å². The lowest BCUT2D eigenvalue weighted by Crippen LogP contribution is -2.29. The second-order valence-electron chi connectivity index (χ2n) is 5.75. The van der Waals surface area contributed by atoms with Gasteiger partial charge in [-0.25, -0.2) is 8.42 Å². The lowest BCUT2D eigenvalue weighted by molar-refractivity contribution is -0.127.